The molecule has 16 heteroatoms. The number of fused-ring (bicyclic) bond motifs is 4. The second-order valence-corrected chi connectivity index (χ2v) is 19.0. The van der Waals surface area contributed by atoms with Crippen LogP contribution in [0.2, 0.25) is 0 Å². The number of hydrogen-bond acceptors (Lipinski definition) is 12. The first-order valence-corrected chi connectivity index (χ1v) is 20.1. The number of hydrogen-bond donors (Lipinski definition) is 0. The maximum atomic E-state index is 15.3. The molecule has 50 heavy (non-hydrogen) atoms. The van der Waals surface area contributed by atoms with Crippen LogP contribution in [0.3, 0.4) is 0 Å². The average molecular weight is 741 g/mol. The van der Waals surface area contributed by atoms with Gasteiger partial charge >= 0.3 is 6.18 Å². The summed E-state index contributed by atoms with van der Waals surface area (Å²) in [6.45, 7) is 12.5. The largest absolute Gasteiger partial charge is 0.443 e. The van der Waals surface area contributed by atoms with Gasteiger partial charge in [0, 0.05) is 36.5 Å². The van der Waals surface area contributed by atoms with Crippen molar-refractivity contribution < 1.29 is 69.6 Å². The Morgan fingerprint density at radius 1 is 0.620 bits per heavy atom. The molecule has 8 saturated heterocycles. The van der Waals surface area contributed by atoms with E-state index in [0.717, 1.165) is 19.3 Å². The minimum Gasteiger partial charge on any atom is -0.334 e. The van der Waals surface area contributed by atoms with Crippen LogP contribution in [0.4, 0.5) is 13.2 Å². The maximum Gasteiger partial charge on any atom is 0.443 e. The predicted molar refractivity (Wildman–Crippen MR) is 164 cm³/mol. The molecule has 2 spiro atoms. The lowest BCUT2D eigenvalue weighted by atomic mass is 9.57. The zero-order valence-electron chi connectivity index (χ0n) is 29.8. The minimum atomic E-state index is -5.12. The van der Waals surface area contributed by atoms with Gasteiger partial charge in [0.2, 0.25) is 11.6 Å². The van der Waals surface area contributed by atoms with Crippen LogP contribution in [-0.4, -0.2) is 73.4 Å². The standard InChI is InChI=1S/C34H51F3O12S/c1-18-8-10-24-20(3)30(7,44-26-31(24)22(18)12-14-28(5,42-26)46-48-31)40-16-50(38,39)17-41-33(34(35,36)37)21(4)25-11-9-19(2)23-13-15-29(6)43-27(45-33)32(23,25)49-47-29/h18-27H,8-17H2,1-7H3/t18-,19-,20-,21-,22+,23+,24+,25+,26+,27+,28+,29+,30+,31-,32-,33-/m1/s1. The number of ether oxygens (including phenoxy) is 6. The summed E-state index contributed by atoms with van der Waals surface area (Å²) in [5, 5.41) is 0. The summed E-state index contributed by atoms with van der Waals surface area (Å²) in [5.74, 6) is -11.7. The second-order valence-electron chi connectivity index (χ2n) is 17.1. The number of alkyl halides is 3. The summed E-state index contributed by atoms with van der Waals surface area (Å²) in [5.41, 5.74) is -2.20. The zero-order chi connectivity index (χ0) is 35.9. The van der Waals surface area contributed by atoms with Gasteiger partial charge in [-0.1, -0.05) is 27.7 Å². The van der Waals surface area contributed by atoms with Crippen molar-refractivity contribution in [3.63, 3.8) is 0 Å². The summed E-state index contributed by atoms with van der Waals surface area (Å²) in [6.07, 6.45) is -2.37. The Hall–Kier alpha value is -0.660. The van der Waals surface area contributed by atoms with Gasteiger partial charge in [0.1, 0.15) is 0 Å². The van der Waals surface area contributed by atoms with Crippen molar-refractivity contribution in [2.45, 2.75) is 153 Å². The van der Waals surface area contributed by atoms with Crippen molar-refractivity contribution in [2.75, 3.05) is 11.9 Å². The first kappa shape index (κ1) is 36.3. The van der Waals surface area contributed by atoms with Crippen LogP contribution in [0.5, 0.6) is 0 Å². The van der Waals surface area contributed by atoms with Crippen LogP contribution in [0, 0.1) is 47.3 Å². The van der Waals surface area contributed by atoms with E-state index in [9.17, 15) is 8.42 Å². The average Bonchev–Trinajstić information content (AvgIpc) is 3.41. The van der Waals surface area contributed by atoms with Crippen molar-refractivity contribution in [3.05, 3.63) is 0 Å². The number of halogens is 3. The van der Waals surface area contributed by atoms with Gasteiger partial charge in [-0.25, -0.2) is 28.0 Å². The van der Waals surface area contributed by atoms with E-state index in [1.165, 1.54) is 6.92 Å². The molecule has 16 atom stereocenters. The second kappa shape index (κ2) is 11.4. The molecule has 12 nitrogen and oxygen atoms in total. The molecule has 8 heterocycles. The Morgan fingerprint density at radius 3 is 1.62 bits per heavy atom. The number of rotatable bonds is 6. The Morgan fingerprint density at radius 2 is 1.10 bits per heavy atom. The third kappa shape index (κ3) is 5.02. The van der Waals surface area contributed by atoms with Crippen LogP contribution < -0.4 is 0 Å². The summed E-state index contributed by atoms with van der Waals surface area (Å²) >= 11 is 0. The minimum absolute atomic E-state index is 0.0877. The van der Waals surface area contributed by atoms with E-state index in [-0.39, 0.29) is 29.6 Å². The highest BCUT2D eigenvalue weighted by molar-refractivity contribution is 7.91. The molecule has 10 rings (SSSR count). The normalized spacial score (nSPS) is 55.9. The molecule has 10 fully saturated rings. The highest BCUT2D eigenvalue weighted by Gasteiger charge is 2.78. The third-order valence-corrected chi connectivity index (χ3v) is 15.1. The molecular formula is C34H51F3O12S. The summed E-state index contributed by atoms with van der Waals surface area (Å²) < 4.78 is 109. The SMILES string of the molecule is C[C@@H]1CC[C@H]2[C@@H](C)[C@@](C)(OCS(=O)(=O)CO[C@@]3(C(F)(F)F)O[C@@H]4O[C@]5(C)CC[C@H]6[C@H](C)CC[C@@H]([C@H]3C)[C@@]46OO5)O[C@@H]3O[C@]4(C)CC[C@@H]1[C@]32OO4. The lowest BCUT2D eigenvalue weighted by molar-refractivity contribution is -0.598. The number of sulfone groups is 1. The third-order valence-electron chi connectivity index (χ3n) is 14.2. The van der Waals surface area contributed by atoms with Crippen LogP contribution >= 0.6 is 0 Å². The van der Waals surface area contributed by atoms with E-state index in [2.05, 4.69) is 6.92 Å². The van der Waals surface area contributed by atoms with E-state index >= 15 is 13.2 Å². The molecule has 4 bridgehead atoms. The lowest BCUT2D eigenvalue weighted by Crippen LogP contribution is -2.76. The predicted octanol–water partition coefficient (Wildman–Crippen LogP) is 6.09. The van der Waals surface area contributed by atoms with E-state index < -0.39 is 86.7 Å². The van der Waals surface area contributed by atoms with Gasteiger partial charge in [-0.15, -0.1) is 0 Å². The fraction of sp³-hybridized carbons (Fsp3) is 1.00. The van der Waals surface area contributed by atoms with E-state index in [1.54, 1.807) is 20.8 Å². The fourth-order valence-electron chi connectivity index (χ4n) is 11.1. The van der Waals surface area contributed by atoms with Gasteiger partial charge in [-0.2, -0.15) is 13.2 Å². The lowest BCUT2D eigenvalue weighted by Gasteiger charge is -2.62. The summed E-state index contributed by atoms with van der Waals surface area (Å²) in [6, 6.07) is 0. The molecule has 0 N–H and O–H groups in total. The molecule has 0 radical (unpaired) electrons. The Bertz CT molecular complexity index is 1470. The first-order valence-electron chi connectivity index (χ1n) is 18.2. The van der Waals surface area contributed by atoms with E-state index in [4.69, 9.17) is 48.0 Å². The molecule has 0 aromatic carbocycles. The highest BCUT2D eigenvalue weighted by Crippen LogP contribution is 2.65. The first-order chi connectivity index (χ1) is 23.2. The maximum absolute atomic E-state index is 15.3. The molecular weight excluding hydrogens is 689 g/mol. The molecule has 0 unspecified atom stereocenters. The Balaban J connectivity index is 1.03. The van der Waals surface area contributed by atoms with Crippen LogP contribution in [0.15, 0.2) is 0 Å². The van der Waals surface area contributed by atoms with E-state index in [0.29, 0.717) is 38.0 Å². The molecule has 286 valence electrons. The monoisotopic (exact) mass is 740 g/mol. The van der Waals surface area contributed by atoms with Gasteiger partial charge in [-0.3, -0.25) is 0 Å². The highest BCUT2D eigenvalue weighted by atomic mass is 32.2. The van der Waals surface area contributed by atoms with Crippen molar-refractivity contribution >= 4 is 9.84 Å². The Kier molecular flexibility index (Phi) is 8.31. The van der Waals surface area contributed by atoms with Gasteiger partial charge < -0.3 is 28.4 Å². The summed E-state index contributed by atoms with van der Waals surface area (Å²) in [7, 11) is -4.44. The molecule has 2 saturated carbocycles. The topological polar surface area (TPSA) is 126 Å². The van der Waals surface area contributed by atoms with Crippen LogP contribution in [0.1, 0.15) is 99.8 Å². The quantitative estimate of drug-likeness (QED) is 0.293. The van der Waals surface area contributed by atoms with Crippen LogP contribution in [0.25, 0.3) is 0 Å². The molecule has 2 aliphatic carbocycles. The van der Waals surface area contributed by atoms with Crippen molar-refractivity contribution in [1.29, 1.82) is 0 Å². The fourth-order valence-corrected chi connectivity index (χ4v) is 12.0. The Labute approximate surface area is 291 Å². The smallest absolute Gasteiger partial charge is 0.334 e. The summed E-state index contributed by atoms with van der Waals surface area (Å²) in [4.78, 5) is 23.7. The van der Waals surface area contributed by atoms with Gasteiger partial charge in [0.15, 0.2) is 51.3 Å². The molecule has 8 aliphatic heterocycles. The molecule has 0 aromatic rings. The molecule has 10 aliphatic rings. The van der Waals surface area contributed by atoms with Crippen molar-refractivity contribution in [2.24, 2.45) is 47.3 Å². The van der Waals surface area contributed by atoms with Gasteiger partial charge in [0.05, 0.1) is 0 Å². The van der Waals surface area contributed by atoms with Crippen LogP contribution in [-0.2, 0) is 57.8 Å². The van der Waals surface area contributed by atoms with Crippen molar-refractivity contribution in [3.8, 4) is 0 Å². The van der Waals surface area contributed by atoms with E-state index in [1.807, 2.05) is 13.8 Å². The molecule has 0 amide bonds. The van der Waals surface area contributed by atoms with Crippen molar-refractivity contribution in [1.82, 2.24) is 0 Å². The van der Waals surface area contributed by atoms with Gasteiger partial charge in [-0.05, 0) is 83.0 Å². The van der Waals surface area contributed by atoms with Gasteiger partial charge in [0.25, 0.3) is 5.79 Å². The zero-order valence-corrected chi connectivity index (χ0v) is 30.6. The molecule has 0 aromatic heterocycles.